The molecular weight excluding hydrogens is 312 g/mol. The van der Waals surface area contributed by atoms with Crippen molar-refractivity contribution in [2.75, 3.05) is 13.3 Å². The first-order valence-corrected chi connectivity index (χ1v) is 10.3. The Balaban J connectivity index is 3.18. The topological polar surface area (TPSA) is 68.1 Å². The van der Waals surface area contributed by atoms with Gasteiger partial charge in [-0.15, -0.1) is 5.10 Å². The average Bonchev–Trinajstić information content (AvgIpc) is 2.94. The zero-order valence-electron chi connectivity index (χ0n) is 15.6. The van der Waals surface area contributed by atoms with E-state index in [0.717, 1.165) is 31.4 Å². The van der Waals surface area contributed by atoms with Crippen LogP contribution in [0.4, 0.5) is 0 Å². The molecule has 1 heterocycles. The molecule has 1 aromatic heterocycles. The molecule has 7 heteroatoms. The fourth-order valence-corrected chi connectivity index (χ4v) is 4.08. The van der Waals surface area contributed by atoms with Crippen molar-refractivity contribution in [2.24, 2.45) is 0 Å². The molecule has 0 saturated carbocycles. The highest BCUT2D eigenvalue weighted by molar-refractivity contribution is 7.88. The third-order valence-electron chi connectivity index (χ3n) is 4.85. The maximum atomic E-state index is 12.0. The zero-order valence-corrected chi connectivity index (χ0v) is 16.4. The second-order valence-electron chi connectivity index (χ2n) is 6.97. The smallest absolute Gasteiger partial charge is 0.211 e. The largest absolute Gasteiger partial charge is 0.247 e. The lowest BCUT2D eigenvalue weighted by Crippen LogP contribution is -2.47. The van der Waals surface area contributed by atoms with Crippen molar-refractivity contribution in [1.29, 1.82) is 0 Å². The van der Waals surface area contributed by atoms with E-state index in [1.807, 2.05) is 24.7 Å². The van der Waals surface area contributed by atoms with Gasteiger partial charge in [0, 0.05) is 24.5 Å². The maximum Gasteiger partial charge on any atom is 0.211 e. The minimum atomic E-state index is -3.23. The molecule has 0 aliphatic heterocycles. The van der Waals surface area contributed by atoms with Crippen LogP contribution in [0.25, 0.3) is 0 Å². The zero-order chi connectivity index (χ0) is 17.8. The van der Waals surface area contributed by atoms with Crippen LogP contribution >= 0.6 is 0 Å². The lowest BCUT2D eigenvalue weighted by Gasteiger charge is -2.39. The molecule has 1 aromatic rings. The predicted molar refractivity (Wildman–Crippen MR) is 94.0 cm³/mol. The van der Waals surface area contributed by atoms with Crippen LogP contribution in [0, 0.1) is 0 Å². The summed E-state index contributed by atoms with van der Waals surface area (Å²) in [6.45, 7) is 10.4. The summed E-state index contributed by atoms with van der Waals surface area (Å²) in [7, 11) is -1.55. The van der Waals surface area contributed by atoms with Crippen LogP contribution in [-0.2, 0) is 10.0 Å². The van der Waals surface area contributed by atoms with Crippen molar-refractivity contribution in [2.45, 2.75) is 77.8 Å². The molecule has 0 aliphatic carbocycles. The summed E-state index contributed by atoms with van der Waals surface area (Å²) in [5.74, 6) is 0.242. The third kappa shape index (κ3) is 4.76. The van der Waals surface area contributed by atoms with Crippen molar-refractivity contribution in [3.63, 3.8) is 0 Å². The van der Waals surface area contributed by atoms with Crippen LogP contribution in [0.2, 0.25) is 0 Å². The number of aromatic nitrogens is 3. The number of hydrogen-bond acceptors (Lipinski definition) is 4. The van der Waals surface area contributed by atoms with Crippen LogP contribution in [0.3, 0.4) is 0 Å². The Hall–Kier alpha value is -0.950. The van der Waals surface area contributed by atoms with Gasteiger partial charge in [-0.25, -0.2) is 13.1 Å². The number of rotatable bonds is 9. The van der Waals surface area contributed by atoms with Gasteiger partial charge in [-0.2, -0.15) is 4.31 Å². The Morgan fingerprint density at radius 1 is 1.35 bits per heavy atom. The highest BCUT2D eigenvalue weighted by atomic mass is 32.2. The Morgan fingerprint density at radius 3 is 2.39 bits per heavy atom. The third-order valence-corrected chi connectivity index (χ3v) is 6.29. The minimum absolute atomic E-state index is 0.242. The monoisotopic (exact) mass is 344 g/mol. The Kier molecular flexibility index (Phi) is 6.77. The van der Waals surface area contributed by atoms with Gasteiger partial charge in [0.05, 0.1) is 18.1 Å². The van der Waals surface area contributed by atoms with E-state index in [1.54, 1.807) is 7.05 Å². The van der Waals surface area contributed by atoms with E-state index in [1.165, 1.54) is 10.6 Å². The van der Waals surface area contributed by atoms with Gasteiger partial charge < -0.3 is 0 Å². The first-order chi connectivity index (χ1) is 10.6. The van der Waals surface area contributed by atoms with Crippen LogP contribution in [0.1, 0.15) is 78.0 Å². The number of nitrogens with zero attached hydrogens (tertiary/aromatic N) is 4. The first kappa shape index (κ1) is 20.1. The van der Waals surface area contributed by atoms with Crippen LogP contribution < -0.4 is 0 Å². The quantitative estimate of drug-likeness (QED) is 0.690. The van der Waals surface area contributed by atoms with Gasteiger partial charge >= 0.3 is 0 Å². The van der Waals surface area contributed by atoms with Crippen molar-refractivity contribution in [1.82, 2.24) is 19.3 Å². The van der Waals surface area contributed by atoms with Crippen molar-refractivity contribution in [3.8, 4) is 0 Å². The molecule has 2 atom stereocenters. The van der Waals surface area contributed by atoms with E-state index in [4.69, 9.17) is 0 Å². The molecule has 0 fully saturated rings. The summed E-state index contributed by atoms with van der Waals surface area (Å²) >= 11 is 0. The summed E-state index contributed by atoms with van der Waals surface area (Å²) in [5.41, 5.74) is 0.683. The van der Waals surface area contributed by atoms with Crippen LogP contribution in [-0.4, -0.2) is 46.6 Å². The molecule has 0 saturated heterocycles. The van der Waals surface area contributed by atoms with Gasteiger partial charge in [0.25, 0.3) is 0 Å². The first-order valence-electron chi connectivity index (χ1n) is 8.40. The summed E-state index contributed by atoms with van der Waals surface area (Å²) in [6.07, 6.45) is 6.66. The molecule has 1 rings (SSSR count). The van der Waals surface area contributed by atoms with E-state index >= 15 is 0 Å². The van der Waals surface area contributed by atoms with Gasteiger partial charge in [0.15, 0.2) is 0 Å². The van der Waals surface area contributed by atoms with E-state index in [2.05, 4.69) is 31.1 Å². The van der Waals surface area contributed by atoms with E-state index < -0.39 is 15.6 Å². The molecule has 6 nitrogen and oxygen atoms in total. The summed E-state index contributed by atoms with van der Waals surface area (Å²) in [4.78, 5) is 0. The van der Waals surface area contributed by atoms with E-state index in [-0.39, 0.29) is 12.0 Å². The van der Waals surface area contributed by atoms with Gasteiger partial charge in [0.2, 0.25) is 10.0 Å². The molecule has 0 amide bonds. The molecule has 0 bridgehead atoms. The SMILES string of the molecule is CCCC(CC(C)(CC)N(C)S(C)(=O)=O)c1cnnn1C(C)C. The summed E-state index contributed by atoms with van der Waals surface area (Å²) in [5, 5.41) is 8.28. The average molecular weight is 345 g/mol. The molecular formula is C16H32N4O2S. The standard InChI is InChI=1S/C16H32N4O2S/c1-8-10-14(15-12-17-18-20(15)13(3)4)11-16(5,9-2)19(6)23(7,21)22/h12-14H,8-11H2,1-7H3. The lowest BCUT2D eigenvalue weighted by molar-refractivity contribution is 0.196. The highest BCUT2D eigenvalue weighted by Gasteiger charge is 2.36. The van der Waals surface area contributed by atoms with Gasteiger partial charge in [-0.1, -0.05) is 25.5 Å². The summed E-state index contributed by atoms with van der Waals surface area (Å²) < 4.78 is 27.5. The molecule has 2 unspecified atom stereocenters. The van der Waals surface area contributed by atoms with Gasteiger partial charge in [0.1, 0.15) is 0 Å². The summed E-state index contributed by atoms with van der Waals surface area (Å²) in [6, 6.07) is 0.243. The Bertz CT molecular complexity index is 597. The van der Waals surface area contributed by atoms with Crippen molar-refractivity contribution >= 4 is 10.0 Å². The van der Waals surface area contributed by atoms with E-state index in [9.17, 15) is 8.42 Å². The highest BCUT2D eigenvalue weighted by Crippen LogP contribution is 2.36. The van der Waals surface area contributed by atoms with Gasteiger partial charge in [-0.05, 0) is 40.0 Å². The molecule has 0 aromatic carbocycles. The normalized spacial score (nSPS) is 16.7. The molecule has 23 heavy (non-hydrogen) atoms. The Labute approximate surface area is 141 Å². The minimum Gasteiger partial charge on any atom is -0.247 e. The predicted octanol–water partition coefficient (Wildman–Crippen LogP) is 3.19. The number of sulfonamides is 1. The van der Waals surface area contributed by atoms with E-state index in [0.29, 0.717) is 0 Å². The Morgan fingerprint density at radius 2 is 1.96 bits per heavy atom. The fourth-order valence-electron chi connectivity index (χ4n) is 3.07. The molecule has 0 aliphatic rings. The van der Waals surface area contributed by atoms with Crippen LogP contribution in [0.15, 0.2) is 6.20 Å². The molecule has 0 spiro atoms. The maximum absolute atomic E-state index is 12.0. The second-order valence-corrected chi connectivity index (χ2v) is 8.98. The van der Waals surface area contributed by atoms with Crippen LogP contribution in [0.5, 0.6) is 0 Å². The molecule has 0 radical (unpaired) electrons. The van der Waals surface area contributed by atoms with Crippen molar-refractivity contribution in [3.05, 3.63) is 11.9 Å². The molecule has 0 N–H and O–H groups in total. The second kappa shape index (κ2) is 7.75. The lowest BCUT2D eigenvalue weighted by atomic mass is 9.83. The molecule has 134 valence electrons. The fraction of sp³-hybridized carbons (Fsp3) is 0.875. The van der Waals surface area contributed by atoms with Crippen molar-refractivity contribution < 1.29 is 8.42 Å². The van der Waals surface area contributed by atoms with Gasteiger partial charge in [-0.3, -0.25) is 0 Å². The number of hydrogen-bond donors (Lipinski definition) is 0.